The van der Waals surface area contributed by atoms with Gasteiger partial charge in [-0.2, -0.15) is 0 Å². The molecule has 5 heteroatoms. The lowest BCUT2D eigenvalue weighted by molar-refractivity contribution is 0.141. The molecule has 5 unspecified atom stereocenters. The summed E-state index contributed by atoms with van der Waals surface area (Å²) < 4.78 is 5.23. The van der Waals surface area contributed by atoms with Crippen LogP contribution in [0.4, 0.5) is 0 Å². The normalized spacial score (nSPS) is 31.5. The average Bonchev–Trinajstić information content (AvgIpc) is 3.34. The molecule has 1 aliphatic heterocycles. The largest absolute Gasteiger partial charge is 0.392 e. The molecule has 1 saturated heterocycles. The molecule has 1 aliphatic carbocycles. The molecule has 4 N–H and O–H groups in total. The number of aliphatic hydroxyl groups excluding tert-OH is 4. The molecule has 0 spiro atoms. The van der Waals surface area contributed by atoms with Crippen LogP contribution < -0.4 is 0 Å². The van der Waals surface area contributed by atoms with E-state index in [1.54, 1.807) is 12.2 Å². The Morgan fingerprint density at radius 2 is 1.70 bits per heavy atom. The van der Waals surface area contributed by atoms with Crippen LogP contribution in [0.2, 0.25) is 0 Å². The van der Waals surface area contributed by atoms with E-state index in [9.17, 15) is 20.4 Å². The van der Waals surface area contributed by atoms with Crippen molar-refractivity contribution in [3.8, 4) is 0 Å². The van der Waals surface area contributed by atoms with E-state index in [2.05, 4.69) is 6.92 Å². The van der Waals surface area contributed by atoms with Gasteiger partial charge in [0.2, 0.25) is 0 Å². The predicted octanol–water partition coefficient (Wildman–Crippen LogP) is 1.45. The van der Waals surface area contributed by atoms with Crippen molar-refractivity contribution in [2.24, 2.45) is 0 Å². The van der Waals surface area contributed by atoms with Crippen LogP contribution in [0.5, 0.6) is 0 Å². The van der Waals surface area contributed by atoms with Crippen LogP contribution in [-0.2, 0) is 4.74 Å². The molecule has 0 bridgehead atoms. The lowest BCUT2D eigenvalue weighted by atomic mass is 9.87. The third kappa shape index (κ3) is 4.88. The van der Waals surface area contributed by atoms with E-state index in [1.165, 1.54) is 25.7 Å². The second-order valence-electron chi connectivity index (χ2n) is 6.58. The summed E-state index contributed by atoms with van der Waals surface area (Å²) in [5, 5.41) is 39.6. The third-order valence-electron chi connectivity index (χ3n) is 4.75. The lowest BCUT2D eigenvalue weighted by Crippen LogP contribution is -2.35. The van der Waals surface area contributed by atoms with Crippen molar-refractivity contribution in [2.75, 3.05) is 6.61 Å². The topological polar surface area (TPSA) is 93.5 Å². The maximum absolute atomic E-state index is 10.2. The van der Waals surface area contributed by atoms with E-state index in [-0.39, 0.29) is 6.61 Å². The lowest BCUT2D eigenvalue weighted by Gasteiger charge is -2.23. The summed E-state index contributed by atoms with van der Waals surface area (Å²) in [4.78, 5) is 0. The number of hydrogen-bond acceptors (Lipinski definition) is 5. The molecule has 1 fully saturated rings. The standard InChI is InChI=1S/C18H30O5/c1-2-3-4-5-6-7-8-12(20)9-10-13-14(11-19)16(22)18-17(23-18)15(13)21/h9-10,12,15-22H,2-8,11H2,1H3. The van der Waals surface area contributed by atoms with Gasteiger partial charge in [0.15, 0.2) is 0 Å². The van der Waals surface area contributed by atoms with Crippen LogP contribution in [0.25, 0.3) is 0 Å². The highest BCUT2D eigenvalue weighted by Gasteiger charge is 2.54. The fourth-order valence-corrected chi connectivity index (χ4v) is 3.22. The summed E-state index contributed by atoms with van der Waals surface area (Å²) in [6, 6.07) is 0. The van der Waals surface area contributed by atoms with Gasteiger partial charge >= 0.3 is 0 Å². The van der Waals surface area contributed by atoms with Crippen molar-refractivity contribution >= 4 is 0 Å². The van der Waals surface area contributed by atoms with Crippen LogP contribution in [0.3, 0.4) is 0 Å². The predicted molar refractivity (Wildman–Crippen MR) is 87.9 cm³/mol. The molecule has 0 aromatic carbocycles. The number of fused-ring (bicyclic) bond motifs is 1. The Hall–Kier alpha value is -0.720. The van der Waals surface area contributed by atoms with Crippen molar-refractivity contribution in [1.82, 2.24) is 0 Å². The smallest absolute Gasteiger partial charge is 0.117 e. The first kappa shape index (κ1) is 18.6. The number of rotatable bonds is 10. The summed E-state index contributed by atoms with van der Waals surface area (Å²) >= 11 is 0. The van der Waals surface area contributed by atoms with Gasteiger partial charge in [-0.15, -0.1) is 0 Å². The van der Waals surface area contributed by atoms with Crippen LogP contribution >= 0.6 is 0 Å². The summed E-state index contributed by atoms with van der Waals surface area (Å²) in [5.74, 6) is 0. The first-order chi connectivity index (χ1) is 11.1. The molecule has 1 heterocycles. The first-order valence-corrected chi connectivity index (χ1v) is 8.81. The van der Waals surface area contributed by atoms with Gasteiger partial charge in [0, 0.05) is 0 Å². The Morgan fingerprint density at radius 1 is 1.04 bits per heavy atom. The molecular weight excluding hydrogens is 296 g/mol. The fourth-order valence-electron chi connectivity index (χ4n) is 3.22. The Kier molecular flexibility index (Phi) is 7.24. The zero-order valence-electron chi connectivity index (χ0n) is 13.9. The second kappa shape index (κ2) is 8.94. The van der Waals surface area contributed by atoms with E-state index < -0.39 is 30.5 Å². The summed E-state index contributed by atoms with van der Waals surface area (Å²) in [6.07, 6.45) is 7.90. The zero-order valence-corrected chi connectivity index (χ0v) is 13.9. The van der Waals surface area contributed by atoms with Crippen molar-refractivity contribution < 1.29 is 25.2 Å². The molecule has 0 aromatic heterocycles. The molecule has 5 atom stereocenters. The SMILES string of the molecule is CCCCCCCCC(O)C=CC1=C(CO)C(O)C2OC2C1O. The molecule has 0 aromatic rings. The molecule has 0 saturated carbocycles. The van der Waals surface area contributed by atoms with Crippen LogP contribution in [0.15, 0.2) is 23.3 Å². The summed E-state index contributed by atoms with van der Waals surface area (Å²) in [5.41, 5.74) is 0.861. The molecule has 0 radical (unpaired) electrons. The Bertz CT molecular complexity index is 431. The summed E-state index contributed by atoms with van der Waals surface area (Å²) in [6.45, 7) is 1.87. The van der Waals surface area contributed by atoms with Crippen molar-refractivity contribution in [2.45, 2.75) is 82.4 Å². The van der Waals surface area contributed by atoms with Crippen LogP contribution in [0, 0.1) is 0 Å². The maximum Gasteiger partial charge on any atom is 0.117 e. The number of unbranched alkanes of at least 4 members (excludes halogenated alkanes) is 5. The zero-order chi connectivity index (χ0) is 16.8. The van der Waals surface area contributed by atoms with Gasteiger partial charge in [-0.3, -0.25) is 0 Å². The molecule has 132 valence electrons. The van der Waals surface area contributed by atoms with Gasteiger partial charge in [-0.25, -0.2) is 0 Å². The van der Waals surface area contributed by atoms with E-state index in [0.29, 0.717) is 17.6 Å². The number of epoxide rings is 1. The number of hydrogen-bond donors (Lipinski definition) is 4. The van der Waals surface area contributed by atoms with E-state index in [4.69, 9.17) is 4.74 Å². The molecule has 2 aliphatic rings. The average molecular weight is 326 g/mol. The van der Waals surface area contributed by atoms with Gasteiger partial charge in [0.25, 0.3) is 0 Å². The van der Waals surface area contributed by atoms with Crippen molar-refractivity contribution in [1.29, 1.82) is 0 Å². The van der Waals surface area contributed by atoms with Gasteiger partial charge in [-0.1, -0.05) is 57.6 Å². The van der Waals surface area contributed by atoms with Crippen LogP contribution in [0.1, 0.15) is 51.9 Å². The van der Waals surface area contributed by atoms with Crippen molar-refractivity contribution in [3.05, 3.63) is 23.3 Å². The van der Waals surface area contributed by atoms with Crippen molar-refractivity contribution in [3.63, 3.8) is 0 Å². The highest BCUT2D eigenvalue weighted by molar-refractivity contribution is 5.40. The van der Waals surface area contributed by atoms with Gasteiger partial charge < -0.3 is 25.2 Å². The monoisotopic (exact) mass is 326 g/mol. The quantitative estimate of drug-likeness (QED) is 0.360. The van der Waals surface area contributed by atoms with E-state index in [1.807, 2.05) is 0 Å². The van der Waals surface area contributed by atoms with Crippen LogP contribution in [-0.4, -0.2) is 57.6 Å². The minimum atomic E-state index is -0.872. The first-order valence-electron chi connectivity index (χ1n) is 8.81. The Morgan fingerprint density at radius 3 is 2.39 bits per heavy atom. The summed E-state index contributed by atoms with van der Waals surface area (Å²) in [7, 11) is 0. The third-order valence-corrected chi connectivity index (χ3v) is 4.75. The minimum Gasteiger partial charge on any atom is -0.392 e. The number of aliphatic hydroxyl groups is 4. The van der Waals surface area contributed by atoms with Gasteiger partial charge in [-0.05, 0) is 17.6 Å². The number of ether oxygens (including phenoxy) is 1. The van der Waals surface area contributed by atoms with E-state index in [0.717, 1.165) is 12.8 Å². The molecule has 2 rings (SSSR count). The van der Waals surface area contributed by atoms with E-state index >= 15 is 0 Å². The Balaban J connectivity index is 1.81. The molecular formula is C18H30O5. The van der Waals surface area contributed by atoms with Gasteiger partial charge in [0.1, 0.15) is 24.4 Å². The molecule has 23 heavy (non-hydrogen) atoms. The fraction of sp³-hybridized carbons (Fsp3) is 0.778. The molecule has 5 nitrogen and oxygen atoms in total. The second-order valence-corrected chi connectivity index (χ2v) is 6.58. The minimum absolute atomic E-state index is 0.321. The van der Waals surface area contributed by atoms with Gasteiger partial charge in [0.05, 0.1) is 12.7 Å². The highest BCUT2D eigenvalue weighted by atomic mass is 16.6. The highest BCUT2D eigenvalue weighted by Crippen LogP contribution is 2.40. The maximum atomic E-state index is 10.2. The Labute approximate surface area is 138 Å². The molecule has 0 amide bonds.